The van der Waals surface area contributed by atoms with Crippen LogP contribution in [0.5, 0.6) is 0 Å². The lowest BCUT2D eigenvalue weighted by Gasteiger charge is -2.14. The van der Waals surface area contributed by atoms with Crippen LogP contribution >= 0.6 is 0 Å². The van der Waals surface area contributed by atoms with Crippen molar-refractivity contribution < 1.29 is 14.3 Å². The molecule has 2 aromatic heterocycles. The van der Waals surface area contributed by atoms with E-state index >= 15 is 0 Å². The Labute approximate surface area is 167 Å². The highest BCUT2D eigenvalue weighted by molar-refractivity contribution is 6.08. The molecule has 148 valence electrons. The van der Waals surface area contributed by atoms with Crippen LogP contribution in [0.4, 0.5) is 5.69 Å². The van der Waals surface area contributed by atoms with Crippen molar-refractivity contribution >= 4 is 17.5 Å². The Morgan fingerprint density at radius 1 is 1.17 bits per heavy atom. The molecule has 1 aliphatic heterocycles. The summed E-state index contributed by atoms with van der Waals surface area (Å²) in [5.74, 6) is 0.0759. The number of hydrogen-bond donors (Lipinski definition) is 2. The lowest BCUT2D eigenvalue weighted by atomic mass is 10.1. The fourth-order valence-electron chi connectivity index (χ4n) is 3.16. The summed E-state index contributed by atoms with van der Waals surface area (Å²) >= 11 is 0. The predicted octanol–water partition coefficient (Wildman–Crippen LogP) is 2.43. The van der Waals surface area contributed by atoms with Gasteiger partial charge in [-0.05, 0) is 37.1 Å². The topological polar surface area (TPSA) is 98.1 Å². The quantitative estimate of drug-likeness (QED) is 0.673. The summed E-state index contributed by atoms with van der Waals surface area (Å²) in [5.41, 5.74) is 1.24. The minimum absolute atomic E-state index is 0.0563. The van der Waals surface area contributed by atoms with Crippen LogP contribution in [0.2, 0.25) is 0 Å². The molecule has 0 spiro atoms. The molecule has 1 aromatic carbocycles. The molecule has 0 aliphatic carbocycles. The lowest BCUT2D eigenvalue weighted by Crippen LogP contribution is -2.32. The average molecular weight is 391 g/mol. The summed E-state index contributed by atoms with van der Waals surface area (Å²) in [5, 5.41) is 5.68. The number of amides is 2. The number of nitrogens with one attached hydrogen (secondary N) is 2. The van der Waals surface area contributed by atoms with Crippen LogP contribution in [-0.2, 0) is 4.74 Å². The van der Waals surface area contributed by atoms with Gasteiger partial charge in [-0.3, -0.25) is 14.2 Å². The first kappa shape index (κ1) is 18.8. The monoisotopic (exact) mass is 391 g/mol. The van der Waals surface area contributed by atoms with Gasteiger partial charge in [0.25, 0.3) is 11.8 Å². The van der Waals surface area contributed by atoms with Crippen molar-refractivity contribution in [3.05, 3.63) is 72.4 Å². The van der Waals surface area contributed by atoms with Crippen LogP contribution in [0.1, 0.15) is 33.6 Å². The minimum Gasteiger partial charge on any atom is -0.376 e. The van der Waals surface area contributed by atoms with Gasteiger partial charge in [-0.15, -0.1) is 0 Å². The molecule has 3 heterocycles. The summed E-state index contributed by atoms with van der Waals surface area (Å²) in [4.78, 5) is 33.5. The van der Waals surface area contributed by atoms with Crippen LogP contribution < -0.4 is 10.6 Å². The molecule has 1 fully saturated rings. The molecule has 1 aliphatic rings. The largest absolute Gasteiger partial charge is 0.376 e. The van der Waals surface area contributed by atoms with E-state index in [0.29, 0.717) is 29.2 Å². The zero-order valence-electron chi connectivity index (χ0n) is 15.7. The first-order chi connectivity index (χ1) is 14.2. The fourth-order valence-corrected chi connectivity index (χ4v) is 3.16. The van der Waals surface area contributed by atoms with Gasteiger partial charge in [-0.25, -0.2) is 9.97 Å². The Bertz CT molecular complexity index is 980. The van der Waals surface area contributed by atoms with Gasteiger partial charge in [0.15, 0.2) is 0 Å². The van der Waals surface area contributed by atoms with Gasteiger partial charge >= 0.3 is 0 Å². The normalized spacial score (nSPS) is 15.8. The number of rotatable bonds is 6. The molecule has 3 aromatic rings. The first-order valence-corrected chi connectivity index (χ1v) is 9.45. The fraction of sp³-hybridized carbons (Fsp3) is 0.238. The van der Waals surface area contributed by atoms with E-state index in [1.807, 2.05) is 0 Å². The van der Waals surface area contributed by atoms with Gasteiger partial charge in [0.2, 0.25) is 0 Å². The van der Waals surface area contributed by atoms with E-state index in [-0.39, 0.29) is 17.9 Å². The number of carbonyl (C=O) groups is 2. The van der Waals surface area contributed by atoms with Gasteiger partial charge in [-0.1, -0.05) is 12.1 Å². The van der Waals surface area contributed by atoms with Gasteiger partial charge in [0.05, 0.1) is 22.9 Å². The maximum Gasteiger partial charge on any atom is 0.257 e. The van der Waals surface area contributed by atoms with Crippen LogP contribution in [-0.4, -0.2) is 45.6 Å². The number of nitrogens with zero attached hydrogens (tertiary/aromatic N) is 3. The van der Waals surface area contributed by atoms with Crippen molar-refractivity contribution in [2.45, 2.75) is 18.9 Å². The molecule has 29 heavy (non-hydrogen) atoms. The van der Waals surface area contributed by atoms with Gasteiger partial charge in [-0.2, -0.15) is 0 Å². The summed E-state index contributed by atoms with van der Waals surface area (Å²) in [7, 11) is 0. The third-order valence-corrected chi connectivity index (χ3v) is 4.71. The molecule has 1 unspecified atom stereocenters. The van der Waals surface area contributed by atoms with Crippen LogP contribution in [0.25, 0.3) is 5.82 Å². The Morgan fingerprint density at radius 3 is 2.79 bits per heavy atom. The van der Waals surface area contributed by atoms with E-state index in [4.69, 9.17) is 4.74 Å². The number of carbonyl (C=O) groups excluding carboxylic acids is 2. The van der Waals surface area contributed by atoms with Crippen molar-refractivity contribution in [1.29, 1.82) is 0 Å². The SMILES string of the molecule is O=C(Nc1ccccc1C(=O)NCC1CCCO1)c1ccc(-n2ccnc2)nc1. The maximum atomic E-state index is 12.6. The van der Waals surface area contributed by atoms with Crippen molar-refractivity contribution in [3.8, 4) is 5.82 Å². The summed E-state index contributed by atoms with van der Waals surface area (Å²) < 4.78 is 7.28. The number of ether oxygens (including phenoxy) is 1. The van der Waals surface area contributed by atoms with Crippen molar-refractivity contribution in [2.75, 3.05) is 18.5 Å². The molecular formula is C21H21N5O3. The summed E-state index contributed by atoms with van der Waals surface area (Å²) in [6.45, 7) is 1.20. The summed E-state index contributed by atoms with van der Waals surface area (Å²) in [6.07, 6.45) is 8.57. The van der Waals surface area contributed by atoms with Crippen LogP contribution in [0, 0.1) is 0 Å². The molecular weight excluding hydrogens is 370 g/mol. The average Bonchev–Trinajstić information content (AvgIpc) is 3.47. The van der Waals surface area contributed by atoms with E-state index < -0.39 is 0 Å². The highest BCUT2D eigenvalue weighted by Crippen LogP contribution is 2.17. The zero-order valence-corrected chi connectivity index (χ0v) is 15.7. The Morgan fingerprint density at radius 2 is 2.07 bits per heavy atom. The van der Waals surface area contributed by atoms with Gasteiger partial charge in [0.1, 0.15) is 12.1 Å². The maximum absolute atomic E-state index is 12.6. The highest BCUT2D eigenvalue weighted by Gasteiger charge is 2.18. The standard InChI is InChI=1S/C21H21N5O3/c27-20(15-7-8-19(23-12-15)26-10-9-22-14-26)25-18-6-2-1-5-17(18)21(28)24-13-16-4-3-11-29-16/h1-2,5-10,12,14,16H,3-4,11,13H2,(H,24,28)(H,25,27). The number of para-hydroxylation sites is 1. The van der Waals surface area contributed by atoms with Crippen LogP contribution in [0.15, 0.2) is 61.3 Å². The molecule has 4 rings (SSSR count). The Balaban J connectivity index is 1.43. The highest BCUT2D eigenvalue weighted by atomic mass is 16.5. The smallest absolute Gasteiger partial charge is 0.257 e. The molecule has 8 nitrogen and oxygen atoms in total. The van der Waals surface area contributed by atoms with Crippen molar-refractivity contribution in [3.63, 3.8) is 0 Å². The third-order valence-electron chi connectivity index (χ3n) is 4.71. The molecule has 1 saturated heterocycles. The lowest BCUT2D eigenvalue weighted by molar-refractivity contribution is 0.0858. The van der Waals surface area contributed by atoms with Crippen molar-refractivity contribution in [2.24, 2.45) is 0 Å². The number of imidazole rings is 1. The second-order valence-electron chi connectivity index (χ2n) is 6.72. The van der Waals surface area contributed by atoms with E-state index in [9.17, 15) is 9.59 Å². The molecule has 8 heteroatoms. The van der Waals surface area contributed by atoms with E-state index in [0.717, 1.165) is 19.4 Å². The number of aromatic nitrogens is 3. The van der Waals surface area contributed by atoms with Crippen molar-refractivity contribution in [1.82, 2.24) is 19.9 Å². The molecule has 0 radical (unpaired) electrons. The molecule has 1 atom stereocenters. The van der Waals surface area contributed by atoms with E-state index in [1.165, 1.54) is 6.20 Å². The van der Waals surface area contributed by atoms with E-state index in [1.54, 1.807) is 59.7 Å². The minimum atomic E-state index is -0.339. The number of anilines is 1. The van der Waals surface area contributed by atoms with Gasteiger partial charge in [0, 0.05) is 31.7 Å². The zero-order chi connectivity index (χ0) is 20.1. The number of hydrogen-bond acceptors (Lipinski definition) is 5. The van der Waals surface area contributed by atoms with E-state index in [2.05, 4.69) is 20.6 Å². The predicted molar refractivity (Wildman–Crippen MR) is 107 cm³/mol. The number of pyridine rings is 1. The second-order valence-corrected chi connectivity index (χ2v) is 6.72. The first-order valence-electron chi connectivity index (χ1n) is 9.45. The molecule has 2 amide bonds. The summed E-state index contributed by atoms with van der Waals surface area (Å²) in [6, 6.07) is 10.3. The number of benzene rings is 1. The molecule has 0 saturated carbocycles. The Kier molecular flexibility index (Phi) is 5.62. The van der Waals surface area contributed by atoms with Gasteiger partial charge < -0.3 is 15.4 Å². The molecule has 2 N–H and O–H groups in total. The Hall–Kier alpha value is -3.52. The third kappa shape index (κ3) is 4.49. The second kappa shape index (κ2) is 8.66. The van der Waals surface area contributed by atoms with Crippen LogP contribution in [0.3, 0.4) is 0 Å². The molecule has 0 bridgehead atoms.